The molecule has 2 rings (SSSR count). The van der Waals surface area contributed by atoms with Crippen LogP contribution in [-0.4, -0.2) is 18.8 Å². The molecule has 2 aromatic rings. The van der Waals surface area contributed by atoms with Gasteiger partial charge in [0.05, 0.1) is 18.2 Å². The van der Waals surface area contributed by atoms with Gasteiger partial charge in [-0.25, -0.2) is 4.39 Å². The SMILES string of the molecule is COc1ccc(C(CN)C(O)c2ccc(Cl)c(F)c2)cc1. The predicted molar refractivity (Wildman–Crippen MR) is 81.2 cm³/mol. The lowest BCUT2D eigenvalue weighted by Crippen LogP contribution is -2.20. The van der Waals surface area contributed by atoms with Crippen LogP contribution < -0.4 is 10.5 Å². The first-order valence-corrected chi connectivity index (χ1v) is 6.91. The fourth-order valence-electron chi connectivity index (χ4n) is 2.23. The van der Waals surface area contributed by atoms with Gasteiger partial charge in [0.15, 0.2) is 0 Å². The molecule has 3 nitrogen and oxygen atoms in total. The lowest BCUT2D eigenvalue weighted by atomic mass is 9.89. The zero-order valence-corrected chi connectivity index (χ0v) is 12.3. The van der Waals surface area contributed by atoms with Gasteiger partial charge in [-0.3, -0.25) is 0 Å². The lowest BCUT2D eigenvalue weighted by Gasteiger charge is -2.22. The van der Waals surface area contributed by atoms with E-state index in [0.717, 1.165) is 11.3 Å². The van der Waals surface area contributed by atoms with Crippen molar-refractivity contribution in [3.05, 3.63) is 64.4 Å². The quantitative estimate of drug-likeness (QED) is 0.891. The van der Waals surface area contributed by atoms with Gasteiger partial charge >= 0.3 is 0 Å². The highest BCUT2D eigenvalue weighted by molar-refractivity contribution is 6.30. The molecule has 0 bridgehead atoms. The molecule has 5 heteroatoms. The molecule has 3 N–H and O–H groups in total. The second-order valence-electron chi connectivity index (χ2n) is 4.73. The Hall–Kier alpha value is -1.62. The van der Waals surface area contributed by atoms with Crippen molar-refractivity contribution in [2.75, 3.05) is 13.7 Å². The van der Waals surface area contributed by atoms with E-state index in [0.29, 0.717) is 5.56 Å². The summed E-state index contributed by atoms with van der Waals surface area (Å²) in [6, 6.07) is 11.5. The number of nitrogens with two attached hydrogens (primary N) is 1. The Kier molecular flexibility index (Phi) is 5.17. The second-order valence-corrected chi connectivity index (χ2v) is 5.14. The molecule has 0 aliphatic carbocycles. The third kappa shape index (κ3) is 3.53. The molecule has 2 unspecified atom stereocenters. The van der Waals surface area contributed by atoms with Crippen molar-refractivity contribution in [1.29, 1.82) is 0 Å². The van der Waals surface area contributed by atoms with E-state index in [1.165, 1.54) is 12.1 Å². The minimum absolute atomic E-state index is 0.0275. The number of aliphatic hydroxyl groups excluding tert-OH is 1. The highest BCUT2D eigenvalue weighted by atomic mass is 35.5. The molecule has 0 saturated carbocycles. The molecule has 112 valence electrons. The molecule has 0 saturated heterocycles. The Morgan fingerprint density at radius 3 is 2.33 bits per heavy atom. The normalized spacial score (nSPS) is 13.8. The molecule has 0 aromatic heterocycles. The maximum atomic E-state index is 13.5. The van der Waals surface area contributed by atoms with Crippen molar-refractivity contribution < 1.29 is 14.2 Å². The highest BCUT2D eigenvalue weighted by Crippen LogP contribution is 2.32. The maximum Gasteiger partial charge on any atom is 0.142 e. The summed E-state index contributed by atoms with van der Waals surface area (Å²) >= 11 is 5.65. The number of rotatable bonds is 5. The Balaban J connectivity index is 2.28. The fraction of sp³-hybridized carbons (Fsp3) is 0.250. The molecule has 0 fully saturated rings. The molecule has 0 spiro atoms. The van der Waals surface area contributed by atoms with E-state index in [-0.39, 0.29) is 17.5 Å². The number of methoxy groups -OCH3 is 1. The second kappa shape index (κ2) is 6.89. The first-order chi connectivity index (χ1) is 10.1. The van der Waals surface area contributed by atoms with Crippen molar-refractivity contribution in [3.8, 4) is 5.75 Å². The summed E-state index contributed by atoms with van der Waals surface area (Å²) in [6.45, 7) is 0.234. The highest BCUT2D eigenvalue weighted by Gasteiger charge is 2.22. The number of hydrogen-bond acceptors (Lipinski definition) is 3. The monoisotopic (exact) mass is 309 g/mol. The van der Waals surface area contributed by atoms with Gasteiger partial charge in [-0.05, 0) is 35.4 Å². The van der Waals surface area contributed by atoms with Crippen molar-refractivity contribution in [3.63, 3.8) is 0 Å². The van der Waals surface area contributed by atoms with E-state index < -0.39 is 11.9 Å². The van der Waals surface area contributed by atoms with Crippen molar-refractivity contribution in [2.45, 2.75) is 12.0 Å². The summed E-state index contributed by atoms with van der Waals surface area (Å²) in [7, 11) is 1.58. The number of aliphatic hydroxyl groups is 1. The molecule has 0 amide bonds. The van der Waals surface area contributed by atoms with Crippen LogP contribution in [0.25, 0.3) is 0 Å². The van der Waals surface area contributed by atoms with Crippen LogP contribution in [0.2, 0.25) is 5.02 Å². The summed E-state index contributed by atoms with van der Waals surface area (Å²) < 4.78 is 18.6. The first-order valence-electron chi connectivity index (χ1n) is 6.54. The van der Waals surface area contributed by atoms with Crippen LogP contribution in [0, 0.1) is 5.82 Å². The third-order valence-electron chi connectivity index (χ3n) is 3.46. The molecule has 2 atom stereocenters. The van der Waals surface area contributed by atoms with E-state index in [9.17, 15) is 9.50 Å². The Morgan fingerprint density at radius 2 is 1.81 bits per heavy atom. The van der Waals surface area contributed by atoms with Gasteiger partial charge < -0.3 is 15.6 Å². The number of hydrogen-bond donors (Lipinski definition) is 2. The van der Waals surface area contributed by atoms with Gasteiger partial charge in [0.1, 0.15) is 11.6 Å². The standard InChI is InChI=1S/C16H17ClFNO2/c1-21-12-5-2-10(3-6-12)13(9-19)16(20)11-4-7-14(17)15(18)8-11/h2-8,13,16,20H,9,19H2,1H3. The van der Waals surface area contributed by atoms with Crippen molar-refractivity contribution >= 4 is 11.6 Å². The molecular formula is C16H17ClFNO2. The molecule has 0 aliphatic heterocycles. The van der Waals surface area contributed by atoms with Gasteiger partial charge in [0.2, 0.25) is 0 Å². The smallest absolute Gasteiger partial charge is 0.142 e. The maximum absolute atomic E-state index is 13.5. The van der Waals surface area contributed by atoms with Crippen molar-refractivity contribution in [1.82, 2.24) is 0 Å². The predicted octanol–water partition coefficient (Wildman–Crippen LogP) is 3.26. The van der Waals surface area contributed by atoms with E-state index >= 15 is 0 Å². The van der Waals surface area contributed by atoms with Crippen LogP contribution >= 0.6 is 11.6 Å². The van der Waals surface area contributed by atoms with Gasteiger partial charge in [-0.2, -0.15) is 0 Å². The van der Waals surface area contributed by atoms with E-state index in [2.05, 4.69) is 0 Å². The van der Waals surface area contributed by atoms with Crippen LogP contribution in [0.15, 0.2) is 42.5 Å². The summed E-state index contributed by atoms with van der Waals surface area (Å²) in [5, 5.41) is 10.5. The molecular weight excluding hydrogens is 293 g/mol. The van der Waals surface area contributed by atoms with Gasteiger partial charge in [0.25, 0.3) is 0 Å². The summed E-state index contributed by atoms with van der Waals surface area (Å²) in [5.41, 5.74) is 7.08. The number of ether oxygens (including phenoxy) is 1. The van der Waals surface area contributed by atoms with E-state index in [1.54, 1.807) is 25.3 Å². The zero-order valence-electron chi connectivity index (χ0n) is 11.6. The van der Waals surface area contributed by atoms with Gasteiger partial charge in [-0.1, -0.05) is 29.8 Å². The summed E-state index contributed by atoms with van der Waals surface area (Å²) in [4.78, 5) is 0. The van der Waals surface area contributed by atoms with Crippen LogP contribution in [-0.2, 0) is 0 Å². The Bertz CT molecular complexity index is 604. The molecule has 2 aromatic carbocycles. The molecule has 21 heavy (non-hydrogen) atoms. The summed E-state index contributed by atoms with van der Waals surface area (Å²) in [6.07, 6.45) is -0.907. The Labute approximate surface area is 128 Å². The molecule has 0 heterocycles. The Morgan fingerprint density at radius 1 is 1.19 bits per heavy atom. The van der Waals surface area contributed by atoms with Gasteiger partial charge in [-0.15, -0.1) is 0 Å². The largest absolute Gasteiger partial charge is 0.497 e. The zero-order chi connectivity index (χ0) is 15.4. The number of halogens is 2. The molecule has 0 aliphatic rings. The van der Waals surface area contributed by atoms with Crippen LogP contribution in [0.1, 0.15) is 23.1 Å². The number of benzene rings is 2. The van der Waals surface area contributed by atoms with Crippen molar-refractivity contribution in [2.24, 2.45) is 5.73 Å². The third-order valence-corrected chi connectivity index (χ3v) is 3.77. The average Bonchev–Trinajstić information content (AvgIpc) is 2.51. The van der Waals surface area contributed by atoms with E-state index in [4.69, 9.17) is 22.1 Å². The molecule has 0 radical (unpaired) electrons. The first kappa shape index (κ1) is 15.8. The average molecular weight is 310 g/mol. The van der Waals surface area contributed by atoms with Crippen LogP contribution in [0.4, 0.5) is 4.39 Å². The van der Waals surface area contributed by atoms with Crippen LogP contribution in [0.5, 0.6) is 5.75 Å². The minimum Gasteiger partial charge on any atom is -0.497 e. The van der Waals surface area contributed by atoms with E-state index in [1.807, 2.05) is 12.1 Å². The van der Waals surface area contributed by atoms with Crippen LogP contribution in [0.3, 0.4) is 0 Å². The summed E-state index contributed by atoms with van der Waals surface area (Å²) in [5.74, 6) is -0.170. The fourth-order valence-corrected chi connectivity index (χ4v) is 2.34. The minimum atomic E-state index is -0.907. The topological polar surface area (TPSA) is 55.5 Å². The van der Waals surface area contributed by atoms with Gasteiger partial charge in [0, 0.05) is 12.5 Å². The lowest BCUT2D eigenvalue weighted by molar-refractivity contribution is 0.147.